The number of amides is 1. The quantitative estimate of drug-likeness (QED) is 0.876. The maximum absolute atomic E-state index is 11.6. The molecule has 0 saturated carbocycles. The molecule has 7 heteroatoms. The summed E-state index contributed by atoms with van der Waals surface area (Å²) in [7, 11) is 1.49. The highest BCUT2D eigenvalue weighted by Crippen LogP contribution is 2.36. The number of rotatable bonds is 3. The number of nitrogens with zero attached hydrogens (tertiary/aromatic N) is 2. The lowest BCUT2D eigenvalue weighted by Gasteiger charge is -2.10. The van der Waals surface area contributed by atoms with E-state index in [0.29, 0.717) is 22.6 Å². The number of carbonyl (C=O) groups is 1. The Bertz CT molecular complexity index is 801. The minimum Gasteiger partial charge on any atom is -0.454 e. The first-order valence-electron chi connectivity index (χ1n) is 6.62. The topological polar surface area (TPSA) is 84.2 Å². The molecule has 1 amide bonds. The third-order valence-corrected chi connectivity index (χ3v) is 3.81. The molecule has 1 aliphatic rings. The van der Waals surface area contributed by atoms with Gasteiger partial charge in [0, 0.05) is 24.9 Å². The lowest BCUT2D eigenvalue weighted by molar-refractivity contribution is -0.122. The summed E-state index contributed by atoms with van der Waals surface area (Å²) in [6.45, 7) is 0.180. The van der Waals surface area contributed by atoms with Gasteiger partial charge < -0.3 is 14.8 Å². The van der Waals surface area contributed by atoms with Gasteiger partial charge in [-0.1, -0.05) is 11.6 Å². The highest BCUT2D eigenvalue weighted by atomic mass is 35.5. The third kappa shape index (κ3) is 2.51. The molecule has 6 nitrogen and oxygen atoms in total. The van der Waals surface area contributed by atoms with Crippen molar-refractivity contribution in [3.05, 3.63) is 28.9 Å². The summed E-state index contributed by atoms with van der Waals surface area (Å²) in [6, 6.07) is 7.36. The molecule has 2 heterocycles. The fraction of sp³-hybridized carbons (Fsp3) is 0.267. The van der Waals surface area contributed by atoms with Gasteiger partial charge in [0.1, 0.15) is 11.1 Å². The van der Waals surface area contributed by atoms with Crippen LogP contribution in [0.4, 0.5) is 0 Å². The minimum absolute atomic E-state index is 0.180. The van der Waals surface area contributed by atoms with Crippen LogP contribution < -0.4 is 14.8 Å². The Hall–Kier alpha value is -2.52. The predicted molar refractivity (Wildman–Crippen MR) is 79.7 cm³/mol. The summed E-state index contributed by atoms with van der Waals surface area (Å²) in [5.74, 6) is 0.120. The van der Waals surface area contributed by atoms with E-state index >= 15 is 0 Å². The maximum Gasteiger partial charge on any atom is 0.237 e. The van der Waals surface area contributed by atoms with Crippen molar-refractivity contribution < 1.29 is 14.3 Å². The molecule has 0 radical (unpaired) electrons. The number of hydrogen-bond donors (Lipinski definition) is 1. The second-order valence-corrected chi connectivity index (χ2v) is 5.19. The van der Waals surface area contributed by atoms with Crippen LogP contribution in [-0.2, 0) is 11.2 Å². The molecule has 112 valence electrons. The smallest absolute Gasteiger partial charge is 0.237 e. The summed E-state index contributed by atoms with van der Waals surface area (Å²) in [5, 5.41) is 12.7. The van der Waals surface area contributed by atoms with E-state index in [1.165, 1.54) is 7.05 Å². The Balaban J connectivity index is 2.00. The van der Waals surface area contributed by atoms with Crippen molar-refractivity contribution in [1.82, 2.24) is 10.3 Å². The van der Waals surface area contributed by atoms with Gasteiger partial charge in [-0.3, -0.25) is 4.79 Å². The summed E-state index contributed by atoms with van der Waals surface area (Å²) in [6.07, 6.45) is 0.201. The minimum atomic E-state index is -0.809. The Kier molecular flexibility index (Phi) is 3.73. The number of nitrogens with one attached hydrogen (secondary N) is 1. The number of ether oxygens (including phenoxy) is 2. The van der Waals surface area contributed by atoms with Crippen LogP contribution in [0.3, 0.4) is 0 Å². The molecule has 1 unspecified atom stereocenters. The van der Waals surface area contributed by atoms with Crippen molar-refractivity contribution in [2.75, 3.05) is 13.8 Å². The van der Waals surface area contributed by atoms with E-state index in [4.69, 9.17) is 26.3 Å². The van der Waals surface area contributed by atoms with Crippen LogP contribution in [0.1, 0.15) is 5.56 Å². The predicted octanol–water partition coefficient (Wildman–Crippen LogP) is 2.05. The molecule has 1 aliphatic heterocycles. The fourth-order valence-electron chi connectivity index (χ4n) is 2.32. The van der Waals surface area contributed by atoms with E-state index in [1.807, 2.05) is 18.2 Å². The molecule has 22 heavy (non-hydrogen) atoms. The van der Waals surface area contributed by atoms with E-state index < -0.39 is 5.92 Å². The van der Waals surface area contributed by atoms with E-state index in [0.717, 1.165) is 5.39 Å². The average Bonchev–Trinajstić information content (AvgIpc) is 2.97. The van der Waals surface area contributed by atoms with Crippen LogP contribution in [0, 0.1) is 17.2 Å². The third-order valence-electron chi connectivity index (χ3n) is 3.48. The van der Waals surface area contributed by atoms with E-state index in [2.05, 4.69) is 10.3 Å². The zero-order chi connectivity index (χ0) is 15.7. The molecule has 1 aromatic carbocycles. The van der Waals surface area contributed by atoms with Gasteiger partial charge in [-0.15, -0.1) is 0 Å². The molecular weight excluding hydrogens is 306 g/mol. The molecular formula is C15H12ClN3O3. The number of carbonyl (C=O) groups excluding carboxylic acids is 1. The van der Waals surface area contributed by atoms with Gasteiger partial charge in [-0.25, -0.2) is 4.98 Å². The number of hydrogen-bond acceptors (Lipinski definition) is 5. The maximum atomic E-state index is 11.6. The van der Waals surface area contributed by atoms with E-state index in [9.17, 15) is 4.79 Å². The molecule has 3 rings (SSSR count). The Labute approximate surface area is 131 Å². The summed E-state index contributed by atoms with van der Waals surface area (Å²) >= 11 is 6.18. The average molecular weight is 318 g/mol. The second-order valence-electron chi connectivity index (χ2n) is 4.84. The number of nitriles is 1. The van der Waals surface area contributed by atoms with Crippen LogP contribution in [0.25, 0.3) is 10.9 Å². The van der Waals surface area contributed by atoms with Crippen LogP contribution in [0.2, 0.25) is 5.15 Å². The Morgan fingerprint density at radius 2 is 2.18 bits per heavy atom. The normalized spacial score (nSPS) is 13.7. The first-order chi connectivity index (χ1) is 10.6. The summed E-state index contributed by atoms with van der Waals surface area (Å²) in [5.41, 5.74) is 1.31. The van der Waals surface area contributed by atoms with Crippen molar-refractivity contribution in [3.8, 4) is 17.6 Å². The van der Waals surface area contributed by atoms with Crippen molar-refractivity contribution in [2.24, 2.45) is 5.92 Å². The van der Waals surface area contributed by atoms with Gasteiger partial charge in [0.2, 0.25) is 12.7 Å². The summed E-state index contributed by atoms with van der Waals surface area (Å²) < 4.78 is 10.6. The zero-order valence-electron chi connectivity index (χ0n) is 11.7. The number of fused-ring (bicyclic) bond motifs is 2. The highest BCUT2D eigenvalue weighted by Gasteiger charge is 2.20. The molecule has 1 aromatic heterocycles. The highest BCUT2D eigenvalue weighted by molar-refractivity contribution is 6.30. The molecule has 0 saturated heterocycles. The number of aromatic nitrogens is 1. The van der Waals surface area contributed by atoms with Crippen LogP contribution >= 0.6 is 11.6 Å². The molecule has 2 aromatic rings. The SMILES string of the molecule is CNC(=O)C(C#N)Cc1cc2cc3c(cc2nc1Cl)OCO3. The standard InChI is InChI=1S/C15H12ClN3O3/c1-18-15(20)10(6-17)3-9-2-8-4-12-13(22-7-21-12)5-11(8)19-14(9)16/h2,4-5,10H,3,7H2,1H3,(H,18,20). The molecule has 1 atom stereocenters. The first-order valence-corrected chi connectivity index (χ1v) is 7.00. The van der Waals surface area contributed by atoms with Crippen molar-refractivity contribution >= 4 is 28.4 Å². The first kappa shape index (κ1) is 14.4. The van der Waals surface area contributed by atoms with Gasteiger partial charge in [0.05, 0.1) is 11.6 Å². The van der Waals surface area contributed by atoms with Crippen molar-refractivity contribution in [3.63, 3.8) is 0 Å². The second kappa shape index (κ2) is 5.70. The Morgan fingerprint density at radius 1 is 1.45 bits per heavy atom. The van der Waals surface area contributed by atoms with Crippen LogP contribution in [0.5, 0.6) is 11.5 Å². The fourth-order valence-corrected chi connectivity index (χ4v) is 2.54. The molecule has 0 fully saturated rings. The number of benzene rings is 1. The molecule has 0 bridgehead atoms. The lowest BCUT2D eigenvalue weighted by atomic mass is 10.00. The molecule has 0 aliphatic carbocycles. The van der Waals surface area contributed by atoms with Gasteiger partial charge in [-0.2, -0.15) is 5.26 Å². The molecule has 0 spiro atoms. The summed E-state index contributed by atoms with van der Waals surface area (Å²) in [4.78, 5) is 16.0. The van der Waals surface area contributed by atoms with Crippen LogP contribution in [0.15, 0.2) is 18.2 Å². The van der Waals surface area contributed by atoms with Gasteiger partial charge in [0.25, 0.3) is 0 Å². The van der Waals surface area contributed by atoms with Crippen molar-refractivity contribution in [2.45, 2.75) is 6.42 Å². The van der Waals surface area contributed by atoms with E-state index in [1.54, 1.807) is 6.07 Å². The van der Waals surface area contributed by atoms with Gasteiger partial charge in [-0.05, 0) is 17.7 Å². The van der Waals surface area contributed by atoms with Crippen LogP contribution in [-0.4, -0.2) is 24.7 Å². The monoisotopic (exact) mass is 317 g/mol. The Morgan fingerprint density at radius 3 is 2.86 bits per heavy atom. The largest absolute Gasteiger partial charge is 0.454 e. The van der Waals surface area contributed by atoms with Crippen molar-refractivity contribution in [1.29, 1.82) is 5.26 Å². The number of halogens is 1. The number of pyridine rings is 1. The van der Waals surface area contributed by atoms with Gasteiger partial charge >= 0.3 is 0 Å². The molecule has 1 N–H and O–H groups in total. The van der Waals surface area contributed by atoms with Gasteiger partial charge in [0.15, 0.2) is 11.5 Å². The van der Waals surface area contributed by atoms with E-state index in [-0.39, 0.29) is 24.3 Å². The zero-order valence-corrected chi connectivity index (χ0v) is 12.5. The lowest BCUT2D eigenvalue weighted by Crippen LogP contribution is -2.27.